The normalized spacial score (nSPS) is 29.9. The number of hydrogen-bond acceptors (Lipinski definition) is 3. The van der Waals surface area contributed by atoms with Gasteiger partial charge in [0.05, 0.1) is 5.60 Å². The van der Waals surface area contributed by atoms with E-state index in [0.29, 0.717) is 25.4 Å². The summed E-state index contributed by atoms with van der Waals surface area (Å²) in [6, 6.07) is 0. The average Bonchev–Trinajstić information content (AvgIpc) is 2.33. The van der Waals surface area contributed by atoms with Crippen molar-refractivity contribution < 1.29 is 9.90 Å². The maximum atomic E-state index is 11.8. The summed E-state index contributed by atoms with van der Waals surface area (Å²) in [5.74, 6) is 0.817. The van der Waals surface area contributed by atoms with Crippen molar-refractivity contribution >= 4 is 5.91 Å². The highest BCUT2D eigenvalue weighted by Crippen LogP contribution is 2.31. The lowest BCUT2D eigenvalue weighted by Gasteiger charge is -2.35. The molecule has 4 heteroatoms. The summed E-state index contributed by atoms with van der Waals surface area (Å²) in [7, 11) is 0. The van der Waals surface area contributed by atoms with Gasteiger partial charge in [-0.05, 0) is 31.2 Å². The Balaban J connectivity index is 2.32. The summed E-state index contributed by atoms with van der Waals surface area (Å²) in [6.45, 7) is 5.14. The number of carbonyl (C=O) groups is 1. The van der Waals surface area contributed by atoms with Gasteiger partial charge >= 0.3 is 0 Å². The molecule has 1 aliphatic carbocycles. The van der Waals surface area contributed by atoms with Crippen molar-refractivity contribution in [2.24, 2.45) is 17.6 Å². The predicted molar refractivity (Wildman–Crippen MR) is 73.0 cm³/mol. The van der Waals surface area contributed by atoms with Crippen LogP contribution in [0.2, 0.25) is 0 Å². The van der Waals surface area contributed by atoms with Gasteiger partial charge in [0, 0.05) is 13.0 Å². The van der Waals surface area contributed by atoms with Crippen LogP contribution in [-0.4, -0.2) is 29.7 Å². The zero-order valence-electron chi connectivity index (χ0n) is 11.7. The first kappa shape index (κ1) is 15.4. The quantitative estimate of drug-likeness (QED) is 0.673. The highest BCUT2D eigenvalue weighted by Gasteiger charge is 2.32. The maximum Gasteiger partial charge on any atom is 0.220 e. The van der Waals surface area contributed by atoms with Gasteiger partial charge in [-0.25, -0.2) is 0 Å². The molecule has 0 aromatic rings. The number of nitrogens with two attached hydrogens (primary N) is 1. The van der Waals surface area contributed by atoms with Gasteiger partial charge in [0.2, 0.25) is 5.91 Å². The standard InChI is InChI=1S/C14H28N2O2/c1-3-12(9-15)7-13(17)16-10-14(18)6-4-5-11(2)8-14/h11-12,18H,3-10,15H2,1-2H3,(H,16,17). The van der Waals surface area contributed by atoms with E-state index in [0.717, 1.165) is 25.7 Å². The number of aliphatic hydroxyl groups is 1. The second-order valence-electron chi connectivity index (χ2n) is 5.92. The largest absolute Gasteiger partial charge is 0.388 e. The van der Waals surface area contributed by atoms with E-state index < -0.39 is 5.60 Å². The lowest BCUT2D eigenvalue weighted by molar-refractivity contribution is -0.123. The fourth-order valence-electron chi connectivity index (χ4n) is 2.78. The monoisotopic (exact) mass is 256 g/mol. The van der Waals surface area contributed by atoms with Gasteiger partial charge in [0.15, 0.2) is 0 Å². The molecule has 1 amide bonds. The minimum absolute atomic E-state index is 0.0129. The lowest BCUT2D eigenvalue weighted by atomic mass is 9.79. The highest BCUT2D eigenvalue weighted by atomic mass is 16.3. The summed E-state index contributed by atoms with van der Waals surface area (Å²) < 4.78 is 0. The summed E-state index contributed by atoms with van der Waals surface area (Å²) in [5, 5.41) is 13.3. The zero-order chi connectivity index (χ0) is 13.6. The molecule has 0 aromatic heterocycles. The molecule has 18 heavy (non-hydrogen) atoms. The van der Waals surface area contributed by atoms with Crippen LogP contribution in [0.5, 0.6) is 0 Å². The summed E-state index contributed by atoms with van der Waals surface area (Å²) in [6.07, 6.45) is 5.21. The van der Waals surface area contributed by atoms with Crippen LogP contribution in [-0.2, 0) is 4.79 Å². The first-order valence-corrected chi connectivity index (χ1v) is 7.18. The third kappa shape index (κ3) is 4.94. The second kappa shape index (κ2) is 7.10. The molecule has 3 unspecified atom stereocenters. The molecule has 0 bridgehead atoms. The second-order valence-corrected chi connectivity index (χ2v) is 5.92. The molecule has 106 valence electrons. The number of rotatable bonds is 6. The lowest BCUT2D eigenvalue weighted by Crippen LogP contribution is -2.46. The topological polar surface area (TPSA) is 75.4 Å². The average molecular weight is 256 g/mol. The minimum atomic E-state index is -0.697. The Labute approximate surface area is 110 Å². The SMILES string of the molecule is CCC(CN)CC(=O)NCC1(O)CCCC(C)C1. The van der Waals surface area contributed by atoms with Gasteiger partial charge < -0.3 is 16.2 Å². The molecule has 0 heterocycles. The van der Waals surface area contributed by atoms with Gasteiger partial charge in [-0.15, -0.1) is 0 Å². The Bertz CT molecular complexity index is 267. The molecule has 0 aliphatic heterocycles. The molecular weight excluding hydrogens is 228 g/mol. The number of nitrogens with one attached hydrogen (secondary N) is 1. The third-order valence-electron chi connectivity index (χ3n) is 4.07. The van der Waals surface area contributed by atoms with Crippen LogP contribution in [0.15, 0.2) is 0 Å². The minimum Gasteiger partial charge on any atom is -0.388 e. The van der Waals surface area contributed by atoms with Crippen LogP contribution in [0.1, 0.15) is 52.4 Å². The van der Waals surface area contributed by atoms with Crippen LogP contribution < -0.4 is 11.1 Å². The Kier molecular flexibility index (Phi) is 6.09. The molecule has 0 spiro atoms. The van der Waals surface area contributed by atoms with Crippen molar-refractivity contribution in [2.75, 3.05) is 13.1 Å². The molecule has 1 fully saturated rings. The van der Waals surface area contributed by atoms with Crippen molar-refractivity contribution in [3.63, 3.8) is 0 Å². The molecule has 0 saturated heterocycles. The van der Waals surface area contributed by atoms with E-state index in [2.05, 4.69) is 12.2 Å². The van der Waals surface area contributed by atoms with Crippen LogP contribution in [0.25, 0.3) is 0 Å². The summed E-state index contributed by atoms with van der Waals surface area (Å²) in [4.78, 5) is 11.8. The first-order valence-electron chi connectivity index (χ1n) is 7.18. The Morgan fingerprint density at radius 2 is 2.33 bits per heavy atom. The highest BCUT2D eigenvalue weighted by molar-refractivity contribution is 5.76. The molecule has 4 N–H and O–H groups in total. The van der Waals surface area contributed by atoms with Crippen LogP contribution in [0, 0.1) is 11.8 Å². The van der Waals surface area contributed by atoms with Gasteiger partial charge in [-0.3, -0.25) is 4.79 Å². The Morgan fingerprint density at radius 3 is 2.89 bits per heavy atom. The van der Waals surface area contributed by atoms with Crippen molar-refractivity contribution in [3.05, 3.63) is 0 Å². The van der Waals surface area contributed by atoms with Gasteiger partial charge in [0.1, 0.15) is 0 Å². The molecular formula is C14H28N2O2. The molecule has 0 aromatic carbocycles. The van der Waals surface area contributed by atoms with E-state index in [1.807, 2.05) is 6.92 Å². The third-order valence-corrected chi connectivity index (χ3v) is 4.07. The zero-order valence-corrected chi connectivity index (χ0v) is 11.7. The smallest absolute Gasteiger partial charge is 0.220 e. The van der Waals surface area contributed by atoms with Crippen LogP contribution >= 0.6 is 0 Å². The molecule has 1 rings (SSSR count). The van der Waals surface area contributed by atoms with E-state index in [-0.39, 0.29) is 11.8 Å². The van der Waals surface area contributed by atoms with Crippen LogP contribution in [0.4, 0.5) is 0 Å². The van der Waals surface area contributed by atoms with Crippen LogP contribution in [0.3, 0.4) is 0 Å². The molecule has 4 nitrogen and oxygen atoms in total. The van der Waals surface area contributed by atoms with Crippen molar-refractivity contribution in [3.8, 4) is 0 Å². The number of amides is 1. The Hall–Kier alpha value is -0.610. The first-order chi connectivity index (χ1) is 8.49. The summed E-state index contributed by atoms with van der Waals surface area (Å²) in [5.41, 5.74) is 4.89. The molecule has 1 saturated carbocycles. The van der Waals surface area contributed by atoms with Crippen molar-refractivity contribution in [2.45, 2.75) is 58.0 Å². The number of carbonyl (C=O) groups excluding carboxylic acids is 1. The molecule has 1 aliphatic rings. The van der Waals surface area contributed by atoms with Crippen molar-refractivity contribution in [1.29, 1.82) is 0 Å². The predicted octanol–water partition coefficient (Wildman–Crippen LogP) is 1.42. The van der Waals surface area contributed by atoms with E-state index in [9.17, 15) is 9.90 Å². The fourth-order valence-corrected chi connectivity index (χ4v) is 2.78. The van der Waals surface area contributed by atoms with Gasteiger partial charge in [-0.2, -0.15) is 0 Å². The fraction of sp³-hybridized carbons (Fsp3) is 0.929. The maximum absolute atomic E-state index is 11.8. The van der Waals surface area contributed by atoms with Gasteiger partial charge in [0.25, 0.3) is 0 Å². The van der Waals surface area contributed by atoms with E-state index in [1.54, 1.807) is 0 Å². The number of hydrogen-bond donors (Lipinski definition) is 3. The molecule has 0 radical (unpaired) electrons. The van der Waals surface area contributed by atoms with Gasteiger partial charge in [-0.1, -0.05) is 33.1 Å². The van der Waals surface area contributed by atoms with Crippen molar-refractivity contribution in [1.82, 2.24) is 5.32 Å². The Morgan fingerprint density at radius 1 is 1.61 bits per heavy atom. The molecule has 3 atom stereocenters. The van der Waals surface area contributed by atoms with E-state index in [1.165, 1.54) is 6.42 Å². The van der Waals surface area contributed by atoms with E-state index >= 15 is 0 Å². The summed E-state index contributed by atoms with van der Waals surface area (Å²) >= 11 is 0. The van der Waals surface area contributed by atoms with E-state index in [4.69, 9.17) is 5.73 Å².